The zero-order chi connectivity index (χ0) is 16.1. The quantitative estimate of drug-likeness (QED) is 0.707. The van der Waals surface area contributed by atoms with Crippen LogP contribution in [0, 0.1) is 0 Å². The molecular formula is C14H22N2O4S. The zero-order valence-electron chi connectivity index (χ0n) is 12.5. The van der Waals surface area contributed by atoms with Crippen molar-refractivity contribution in [2.75, 3.05) is 0 Å². The summed E-state index contributed by atoms with van der Waals surface area (Å²) in [5, 5.41) is 9.16. The van der Waals surface area contributed by atoms with Gasteiger partial charge in [0, 0.05) is 5.54 Å². The SMILES string of the molecule is CC(C)(C)NS(=O)(=O)N[C@@H](CCc1ccccc1)C(=O)O. The molecule has 0 saturated heterocycles. The Morgan fingerprint density at radius 3 is 2.29 bits per heavy atom. The van der Waals surface area contributed by atoms with Gasteiger partial charge in [-0.1, -0.05) is 30.3 Å². The molecule has 0 spiro atoms. The molecule has 21 heavy (non-hydrogen) atoms. The number of benzene rings is 1. The van der Waals surface area contributed by atoms with Gasteiger partial charge in [-0.05, 0) is 39.2 Å². The molecule has 0 radical (unpaired) electrons. The average molecular weight is 314 g/mol. The molecule has 1 rings (SSSR count). The van der Waals surface area contributed by atoms with Gasteiger partial charge >= 0.3 is 5.97 Å². The number of hydrogen-bond donors (Lipinski definition) is 3. The van der Waals surface area contributed by atoms with Crippen LogP contribution in [0.25, 0.3) is 0 Å². The lowest BCUT2D eigenvalue weighted by Gasteiger charge is -2.22. The van der Waals surface area contributed by atoms with Crippen molar-refractivity contribution in [2.45, 2.75) is 45.2 Å². The molecule has 0 fully saturated rings. The van der Waals surface area contributed by atoms with Crippen molar-refractivity contribution in [1.29, 1.82) is 0 Å². The van der Waals surface area contributed by atoms with Crippen molar-refractivity contribution >= 4 is 16.2 Å². The van der Waals surface area contributed by atoms with E-state index in [0.29, 0.717) is 6.42 Å². The van der Waals surface area contributed by atoms with Gasteiger partial charge in [-0.25, -0.2) is 0 Å². The molecule has 1 aromatic carbocycles. The van der Waals surface area contributed by atoms with Gasteiger partial charge in [0.15, 0.2) is 0 Å². The molecular weight excluding hydrogens is 292 g/mol. The third-order valence-electron chi connectivity index (χ3n) is 2.60. The number of hydrogen-bond acceptors (Lipinski definition) is 3. The van der Waals surface area contributed by atoms with Crippen molar-refractivity contribution in [1.82, 2.24) is 9.44 Å². The van der Waals surface area contributed by atoms with E-state index in [0.717, 1.165) is 5.56 Å². The topological polar surface area (TPSA) is 95.5 Å². The standard InChI is InChI=1S/C14H22N2O4S/c1-14(2,3)16-21(19,20)15-12(13(17)18)10-9-11-7-5-4-6-8-11/h4-8,12,15-16H,9-10H2,1-3H3,(H,17,18)/t12-/m0/s1. The number of aryl methyl sites for hydroxylation is 1. The van der Waals surface area contributed by atoms with Gasteiger partial charge in [-0.3, -0.25) is 4.79 Å². The Labute approximate surface area is 125 Å². The second kappa shape index (κ2) is 7.02. The molecule has 1 aromatic rings. The van der Waals surface area contributed by atoms with Crippen LogP contribution in [0.1, 0.15) is 32.8 Å². The molecule has 1 atom stereocenters. The fourth-order valence-electron chi connectivity index (χ4n) is 1.81. The van der Waals surface area contributed by atoms with E-state index in [1.54, 1.807) is 20.8 Å². The Morgan fingerprint density at radius 2 is 1.81 bits per heavy atom. The molecule has 7 heteroatoms. The van der Waals surface area contributed by atoms with E-state index >= 15 is 0 Å². The van der Waals surface area contributed by atoms with E-state index in [1.165, 1.54) is 0 Å². The molecule has 0 heterocycles. The Balaban J connectivity index is 2.68. The summed E-state index contributed by atoms with van der Waals surface area (Å²) >= 11 is 0. The number of carboxylic acids is 1. The van der Waals surface area contributed by atoms with Crippen molar-refractivity contribution in [3.8, 4) is 0 Å². The fraction of sp³-hybridized carbons (Fsp3) is 0.500. The Bertz CT molecular complexity index is 564. The van der Waals surface area contributed by atoms with Crippen LogP contribution in [0.2, 0.25) is 0 Å². The number of carbonyl (C=O) groups is 1. The Morgan fingerprint density at radius 1 is 1.24 bits per heavy atom. The fourth-order valence-corrected chi connectivity index (χ4v) is 3.27. The first-order valence-corrected chi connectivity index (χ1v) is 8.15. The van der Waals surface area contributed by atoms with Crippen LogP contribution in [0.15, 0.2) is 30.3 Å². The molecule has 0 aliphatic carbocycles. The molecule has 118 valence electrons. The second-order valence-electron chi connectivity index (χ2n) is 5.89. The highest BCUT2D eigenvalue weighted by molar-refractivity contribution is 7.87. The summed E-state index contributed by atoms with van der Waals surface area (Å²) in [5.41, 5.74) is 0.292. The van der Waals surface area contributed by atoms with Crippen LogP contribution in [0.5, 0.6) is 0 Å². The number of aliphatic carboxylic acids is 1. The van der Waals surface area contributed by atoms with Gasteiger partial charge in [0.25, 0.3) is 10.2 Å². The van der Waals surface area contributed by atoms with E-state index in [-0.39, 0.29) is 6.42 Å². The van der Waals surface area contributed by atoms with E-state index in [4.69, 9.17) is 5.11 Å². The molecule has 3 N–H and O–H groups in total. The highest BCUT2D eigenvalue weighted by Crippen LogP contribution is 2.07. The third-order valence-corrected chi connectivity index (χ3v) is 4.08. The van der Waals surface area contributed by atoms with Crippen LogP contribution in [0.3, 0.4) is 0 Å². The van der Waals surface area contributed by atoms with Crippen LogP contribution >= 0.6 is 0 Å². The largest absolute Gasteiger partial charge is 0.480 e. The van der Waals surface area contributed by atoms with Crippen LogP contribution < -0.4 is 9.44 Å². The molecule has 0 aliphatic rings. The first kappa shape index (κ1) is 17.6. The van der Waals surface area contributed by atoms with E-state index in [1.807, 2.05) is 30.3 Å². The predicted octanol–water partition coefficient (Wildman–Crippen LogP) is 1.29. The van der Waals surface area contributed by atoms with Crippen molar-refractivity contribution in [3.05, 3.63) is 35.9 Å². The minimum absolute atomic E-state index is 0.185. The van der Waals surface area contributed by atoms with Crippen molar-refractivity contribution in [2.24, 2.45) is 0 Å². The Kier molecular flexibility index (Phi) is 5.88. The van der Waals surface area contributed by atoms with Crippen LogP contribution in [-0.2, 0) is 21.4 Å². The number of nitrogens with one attached hydrogen (secondary N) is 2. The van der Waals surface area contributed by atoms with Gasteiger partial charge in [0.05, 0.1) is 0 Å². The van der Waals surface area contributed by atoms with Gasteiger partial charge < -0.3 is 5.11 Å². The highest BCUT2D eigenvalue weighted by Gasteiger charge is 2.26. The molecule has 0 amide bonds. The lowest BCUT2D eigenvalue weighted by molar-refractivity contribution is -0.139. The smallest absolute Gasteiger partial charge is 0.321 e. The lowest BCUT2D eigenvalue weighted by Crippen LogP contribution is -2.52. The van der Waals surface area contributed by atoms with Gasteiger partial charge in [0.1, 0.15) is 6.04 Å². The monoisotopic (exact) mass is 314 g/mol. The molecule has 0 aliphatic heterocycles. The van der Waals surface area contributed by atoms with Gasteiger partial charge in [-0.15, -0.1) is 0 Å². The second-order valence-corrected chi connectivity index (χ2v) is 7.34. The third kappa shape index (κ3) is 7.22. The summed E-state index contributed by atoms with van der Waals surface area (Å²) in [6.45, 7) is 5.06. The van der Waals surface area contributed by atoms with Crippen LogP contribution in [0.4, 0.5) is 0 Å². The van der Waals surface area contributed by atoms with E-state index < -0.39 is 27.8 Å². The molecule has 0 saturated carbocycles. The van der Waals surface area contributed by atoms with Gasteiger partial charge in [0.2, 0.25) is 0 Å². The van der Waals surface area contributed by atoms with Gasteiger partial charge in [-0.2, -0.15) is 17.9 Å². The first-order chi connectivity index (χ1) is 9.59. The summed E-state index contributed by atoms with van der Waals surface area (Å²) in [6, 6.07) is 8.17. The molecule has 0 bridgehead atoms. The van der Waals surface area contributed by atoms with Crippen molar-refractivity contribution in [3.63, 3.8) is 0 Å². The molecule has 6 nitrogen and oxygen atoms in total. The van der Waals surface area contributed by atoms with E-state index in [9.17, 15) is 13.2 Å². The maximum Gasteiger partial charge on any atom is 0.321 e. The lowest BCUT2D eigenvalue weighted by atomic mass is 10.1. The summed E-state index contributed by atoms with van der Waals surface area (Å²) < 4.78 is 28.3. The predicted molar refractivity (Wildman–Crippen MR) is 81.1 cm³/mol. The molecule has 0 unspecified atom stereocenters. The normalized spacial score (nSPS) is 13.9. The first-order valence-electron chi connectivity index (χ1n) is 6.67. The molecule has 0 aromatic heterocycles. The minimum Gasteiger partial charge on any atom is -0.480 e. The Hall–Kier alpha value is -1.44. The van der Waals surface area contributed by atoms with Crippen molar-refractivity contribution < 1.29 is 18.3 Å². The summed E-state index contributed by atoms with van der Waals surface area (Å²) in [6.07, 6.45) is 0.667. The van der Waals surface area contributed by atoms with E-state index in [2.05, 4.69) is 9.44 Å². The maximum atomic E-state index is 11.9. The minimum atomic E-state index is -3.87. The van der Waals surface area contributed by atoms with Crippen LogP contribution in [-0.4, -0.2) is 31.1 Å². The zero-order valence-corrected chi connectivity index (χ0v) is 13.3. The average Bonchev–Trinajstić information content (AvgIpc) is 2.32. The number of rotatable bonds is 7. The maximum absolute atomic E-state index is 11.9. The summed E-state index contributed by atoms with van der Waals surface area (Å²) in [4.78, 5) is 11.2. The number of carboxylic acid groups (broad SMARTS) is 1. The summed E-state index contributed by atoms with van der Waals surface area (Å²) in [5.74, 6) is -1.19. The highest BCUT2D eigenvalue weighted by atomic mass is 32.2. The summed E-state index contributed by atoms with van der Waals surface area (Å²) in [7, 11) is -3.87.